The smallest absolute Gasteiger partial charge is 0.268 e. The first-order chi connectivity index (χ1) is 12.3. The number of ether oxygens (including phenoxy) is 1. The first-order valence-electron chi connectivity index (χ1n) is 8.55. The van der Waals surface area contributed by atoms with E-state index in [9.17, 15) is 13.6 Å². The van der Waals surface area contributed by atoms with Crippen molar-refractivity contribution in [2.24, 2.45) is 0 Å². The van der Waals surface area contributed by atoms with Crippen LogP contribution in [0.4, 0.5) is 14.5 Å². The van der Waals surface area contributed by atoms with Gasteiger partial charge in [-0.15, -0.1) is 0 Å². The Morgan fingerprint density at radius 1 is 1.23 bits per heavy atom. The van der Waals surface area contributed by atoms with E-state index in [0.717, 1.165) is 18.3 Å². The number of pyridine rings is 2. The Labute approximate surface area is 151 Å². The summed E-state index contributed by atoms with van der Waals surface area (Å²) in [6, 6.07) is 7.05. The molecule has 1 aliphatic rings. The number of anilines is 1. The van der Waals surface area contributed by atoms with Crippen molar-refractivity contribution >= 4 is 11.6 Å². The lowest BCUT2D eigenvalue weighted by Crippen LogP contribution is -2.32. The van der Waals surface area contributed by atoms with E-state index in [-0.39, 0.29) is 18.7 Å². The van der Waals surface area contributed by atoms with Gasteiger partial charge in [0.1, 0.15) is 5.75 Å². The van der Waals surface area contributed by atoms with Crippen molar-refractivity contribution in [1.29, 1.82) is 0 Å². The molecule has 1 atom stereocenters. The Bertz CT molecular complexity index is 758. The van der Waals surface area contributed by atoms with Crippen LogP contribution in [0, 0.1) is 6.92 Å². The van der Waals surface area contributed by atoms with Gasteiger partial charge in [-0.2, -0.15) is 0 Å². The van der Waals surface area contributed by atoms with Crippen molar-refractivity contribution in [3.8, 4) is 5.75 Å². The van der Waals surface area contributed by atoms with Crippen LogP contribution in [0.1, 0.15) is 31.2 Å². The number of hydrogen-bond acceptors (Lipinski definition) is 4. The summed E-state index contributed by atoms with van der Waals surface area (Å²) >= 11 is 0. The third-order valence-corrected chi connectivity index (χ3v) is 4.26. The zero-order chi connectivity index (χ0) is 18.7. The summed E-state index contributed by atoms with van der Waals surface area (Å²) in [6.45, 7) is 3.34. The zero-order valence-electron chi connectivity index (χ0n) is 14.8. The third-order valence-electron chi connectivity index (χ3n) is 4.26. The number of carbonyl (C=O) groups excluding carboxylic acids is 1. The van der Waals surface area contributed by atoms with Gasteiger partial charge in [0.2, 0.25) is 5.92 Å². The molecule has 0 saturated carbocycles. The van der Waals surface area contributed by atoms with E-state index in [1.54, 1.807) is 23.2 Å². The standard InChI is InChI=1S/C19H21F2N3O2/c1-13-3-5-15(11-22-13)24-10-8-17(18(24)25)26-16-6-4-14(23-12-16)7-9-19(2,20)21/h3-6,11-12,17H,7-10H2,1-2H3/t17-/m1/s1. The first kappa shape index (κ1) is 18.2. The van der Waals surface area contributed by atoms with Gasteiger partial charge in [0.15, 0.2) is 6.10 Å². The van der Waals surface area contributed by atoms with Gasteiger partial charge in [-0.25, -0.2) is 8.78 Å². The second kappa shape index (κ2) is 7.35. The van der Waals surface area contributed by atoms with E-state index in [1.807, 2.05) is 19.1 Å². The number of nitrogens with zero attached hydrogens (tertiary/aromatic N) is 3. The van der Waals surface area contributed by atoms with E-state index in [0.29, 0.717) is 24.4 Å². The molecule has 0 radical (unpaired) electrons. The molecule has 0 bridgehead atoms. The highest BCUT2D eigenvalue weighted by molar-refractivity contribution is 5.98. The summed E-state index contributed by atoms with van der Waals surface area (Å²) in [7, 11) is 0. The fourth-order valence-electron chi connectivity index (χ4n) is 2.78. The molecular formula is C19H21F2N3O2. The maximum atomic E-state index is 12.9. The van der Waals surface area contributed by atoms with Gasteiger partial charge in [0.05, 0.1) is 18.1 Å². The average molecular weight is 361 g/mol. The summed E-state index contributed by atoms with van der Waals surface area (Å²) in [5.41, 5.74) is 2.21. The van der Waals surface area contributed by atoms with Crippen molar-refractivity contribution in [2.75, 3.05) is 11.4 Å². The topological polar surface area (TPSA) is 55.3 Å². The Kier molecular flexibility index (Phi) is 5.15. The highest BCUT2D eigenvalue weighted by atomic mass is 19.3. The number of hydrogen-bond donors (Lipinski definition) is 0. The van der Waals surface area contributed by atoms with E-state index in [1.165, 1.54) is 6.20 Å². The largest absolute Gasteiger partial charge is 0.479 e. The minimum absolute atomic E-state index is 0.120. The van der Waals surface area contributed by atoms with Gasteiger partial charge < -0.3 is 9.64 Å². The lowest BCUT2D eigenvalue weighted by atomic mass is 10.1. The molecule has 7 heteroatoms. The van der Waals surface area contributed by atoms with E-state index in [4.69, 9.17) is 4.74 Å². The molecule has 1 saturated heterocycles. The van der Waals surface area contributed by atoms with Gasteiger partial charge >= 0.3 is 0 Å². The molecule has 5 nitrogen and oxygen atoms in total. The predicted octanol–water partition coefficient (Wildman–Crippen LogP) is 3.56. The van der Waals surface area contributed by atoms with Crippen LogP contribution in [0.25, 0.3) is 0 Å². The molecule has 1 aliphatic heterocycles. The summed E-state index contributed by atoms with van der Waals surface area (Å²) in [5.74, 6) is -2.37. The van der Waals surface area contributed by atoms with E-state index in [2.05, 4.69) is 9.97 Å². The molecular weight excluding hydrogens is 340 g/mol. The predicted molar refractivity (Wildman–Crippen MR) is 93.5 cm³/mol. The van der Waals surface area contributed by atoms with Crippen molar-refractivity contribution in [3.05, 3.63) is 48.0 Å². The molecule has 0 N–H and O–H groups in total. The summed E-state index contributed by atoms with van der Waals surface area (Å²) < 4.78 is 31.5. The highest BCUT2D eigenvalue weighted by Crippen LogP contribution is 2.25. The third kappa shape index (κ3) is 4.53. The summed E-state index contributed by atoms with van der Waals surface area (Å²) in [6.07, 6.45) is 3.09. The Morgan fingerprint density at radius 3 is 2.65 bits per heavy atom. The number of alkyl halides is 2. The fourth-order valence-corrected chi connectivity index (χ4v) is 2.78. The molecule has 1 amide bonds. The fraction of sp³-hybridized carbons (Fsp3) is 0.421. The second-order valence-corrected chi connectivity index (χ2v) is 6.60. The van der Waals surface area contributed by atoms with E-state index >= 15 is 0 Å². The van der Waals surface area contributed by atoms with Crippen LogP contribution in [-0.4, -0.2) is 34.4 Å². The van der Waals surface area contributed by atoms with Gasteiger partial charge in [-0.05, 0) is 44.5 Å². The molecule has 0 spiro atoms. The normalized spacial score (nSPS) is 17.6. The number of rotatable bonds is 6. The van der Waals surface area contributed by atoms with Gasteiger partial charge in [-0.1, -0.05) is 0 Å². The average Bonchev–Trinajstić information content (AvgIpc) is 2.95. The van der Waals surface area contributed by atoms with Gasteiger partial charge in [0.25, 0.3) is 5.91 Å². The van der Waals surface area contributed by atoms with Crippen LogP contribution in [-0.2, 0) is 11.2 Å². The summed E-state index contributed by atoms with van der Waals surface area (Å²) in [4.78, 5) is 22.6. The van der Waals surface area contributed by atoms with Crippen molar-refractivity contribution in [1.82, 2.24) is 9.97 Å². The molecule has 3 heterocycles. The molecule has 0 unspecified atom stereocenters. The lowest BCUT2D eigenvalue weighted by molar-refractivity contribution is -0.122. The Balaban J connectivity index is 1.59. The van der Waals surface area contributed by atoms with Crippen molar-refractivity contribution < 1.29 is 18.3 Å². The Morgan fingerprint density at radius 2 is 2.04 bits per heavy atom. The van der Waals surface area contributed by atoms with Crippen molar-refractivity contribution in [3.63, 3.8) is 0 Å². The van der Waals surface area contributed by atoms with E-state index < -0.39 is 12.0 Å². The Hall–Kier alpha value is -2.57. The number of aromatic nitrogens is 2. The quantitative estimate of drug-likeness (QED) is 0.789. The molecule has 3 rings (SSSR count). The number of amides is 1. The number of aryl methyl sites for hydroxylation is 2. The van der Waals surface area contributed by atoms with Crippen LogP contribution in [0.15, 0.2) is 36.7 Å². The molecule has 2 aromatic rings. The van der Waals surface area contributed by atoms with Crippen LogP contribution < -0.4 is 9.64 Å². The van der Waals surface area contributed by atoms with Crippen molar-refractivity contribution in [2.45, 2.75) is 45.1 Å². The van der Waals surface area contributed by atoms with Gasteiger partial charge in [0, 0.05) is 30.8 Å². The van der Waals surface area contributed by atoms with Crippen LogP contribution >= 0.6 is 0 Å². The lowest BCUT2D eigenvalue weighted by Gasteiger charge is -2.17. The first-order valence-corrected chi connectivity index (χ1v) is 8.55. The highest BCUT2D eigenvalue weighted by Gasteiger charge is 2.34. The monoisotopic (exact) mass is 361 g/mol. The molecule has 0 aliphatic carbocycles. The van der Waals surface area contributed by atoms with Gasteiger partial charge in [-0.3, -0.25) is 14.8 Å². The SMILES string of the molecule is Cc1ccc(N2CC[C@@H](Oc3ccc(CCC(C)(F)F)nc3)C2=O)cn1. The maximum absolute atomic E-state index is 12.9. The molecule has 0 aromatic carbocycles. The van der Waals surface area contributed by atoms with Crippen LogP contribution in [0.3, 0.4) is 0 Å². The molecule has 2 aromatic heterocycles. The summed E-state index contributed by atoms with van der Waals surface area (Å²) in [5, 5.41) is 0. The second-order valence-electron chi connectivity index (χ2n) is 6.60. The minimum Gasteiger partial charge on any atom is -0.479 e. The number of carbonyl (C=O) groups is 1. The zero-order valence-corrected chi connectivity index (χ0v) is 14.8. The minimum atomic E-state index is -2.71. The molecule has 1 fully saturated rings. The molecule has 138 valence electrons. The van der Waals surface area contributed by atoms with Crippen LogP contribution in [0.5, 0.6) is 5.75 Å². The number of halogens is 2. The maximum Gasteiger partial charge on any atom is 0.268 e. The van der Waals surface area contributed by atoms with Crippen LogP contribution in [0.2, 0.25) is 0 Å². The molecule has 26 heavy (non-hydrogen) atoms.